The highest BCUT2D eigenvalue weighted by molar-refractivity contribution is 6.23. The molecule has 0 N–H and O–H groups in total. The predicted octanol–water partition coefficient (Wildman–Crippen LogP) is 1.36. The molecule has 0 aliphatic heterocycles. The van der Waals surface area contributed by atoms with E-state index in [0.717, 1.165) is 6.42 Å². The molecule has 2 atom stereocenters. The van der Waals surface area contributed by atoms with Crippen LogP contribution in [0.25, 0.3) is 0 Å². The van der Waals surface area contributed by atoms with Crippen LogP contribution in [-0.4, -0.2) is 28.4 Å². The molecule has 1 aliphatic carbocycles. The monoisotopic (exact) mass is 212 g/mol. The van der Waals surface area contributed by atoms with Crippen molar-refractivity contribution in [2.75, 3.05) is 7.11 Å². The Balaban J connectivity index is 2.34. The Labute approximate surface area is 86.3 Å². The first-order valence-electron chi connectivity index (χ1n) is 4.26. The summed E-state index contributed by atoms with van der Waals surface area (Å²) >= 11 is 5.89. The van der Waals surface area contributed by atoms with E-state index in [4.69, 9.17) is 11.6 Å². The number of nitrogens with zero attached hydrogens (tertiary/aromatic N) is 2. The molecule has 1 aromatic heterocycles. The maximum absolute atomic E-state index is 11.3. The van der Waals surface area contributed by atoms with Gasteiger partial charge in [-0.05, 0) is 6.42 Å². The van der Waals surface area contributed by atoms with Crippen molar-refractivity contribution in [1.82, 2.24) is 9.97 Å². The number of ether oxygens (including phenoxy) is 1. The highest BCUT2D eigenvalue weighted by Crippen LogP contribution is 2.45. The van der Waals surface area contributed by atoms with Gasteiger partial charge < -0.3 is 4.74 Å². The molecule has 2 rings (SSSR count). The summed E-state index contributed by atoms with van der Waals surface area (Å²) in [4.78, 5) is 19.2. The molecule has 5 heteroatoms. The van der Waals surface area contributed by atoms with Gasteiger partial charge in [0.15, 0.2) is 0 Å². The summed E-state index contributed by atoms with van der Waals surface area (Å²) in [5.74, 6) is -0.231. The van der Waals surface area contributed by atoms with E-state index < -0.39 is 5.97 Å². The minimum atomic E-state index is -0.406. The second kappa shape index (κ2) is 3.53. The predicted molar refractivity (Wildman–Crippen MR) is 50.4 cm³/mol. The van der Waals surface area contributed by atoms with E-state index in [1.165, 1.54) is 19.6 Å². The lowest BCUT2D eigenvalue weighted by Gasteiger charge is -2.03. The molecule has 14 heavy (non-hydrogen) atoms. The number of aromatic nitrogens is 2. The molecule has 0 spiro atoms. The number of halogens is 1. The molecule has 0 radical (unpaired) electrons. The van der Waals surface area contributed by atoms with Crippen LogP contribution in [0, 0.1) is 0 Å². The minimum absolute atomic E-state index is 0.0910. The van der Waals surface area contributed by atoms with Crippen molar-refractivity contribution in [3.05, 3.63) is 23.8 Å². The molecule has 0 saturated heterocycles. The van der Waals surface area contributed by atoms with Gasteiger partial charge >= 0.3 is 5.97 Å². The Hall–Kier alpha value is -1.16. The average Bonchev–Trinajstić information content (AvgIpc) is 2.94. The van der Waals surface area contributed by atoms with E-state index in [1.807, 2.05) is 0 Å². The summed E-state index contributed by atoms with van der Waals surface area (Å²) in [6.07, 6.45) is 3.75. The molecule has 2 unspecified atom stereocenters. The zero-order valence-corrected chi connectivity index (χ0v) is 8.36. The van der Waals surface area contributed by atoms with E-state index in [9.17, 15) is 4.79 Å². The zero-order chi connectivity index (χ0) is 10.1. The molecule has 1 heterocycles. The van der Waals surface area contributed by atoms with Gasteiger partial charge in [-0.15, -0.1) is 11.6 Å². The van der Waals surface area contributed by atoms with Crippen LogP contribution in [0.1, 0.15) is 28.4 Å². The smallest absolute Gasteiger partial charge is 0.341 e. The third kappa shape index (κ3) is 1.57. The Kier molecular flexibility index (Phi) is 2.37. The highest BCUT2D eigenvalue weighted by atomic mass is 35.5. The first-order chi connectivity index (χ1) is 6.74. The third-order valence-electron chi connectivity index (χ3n) is 2.21. The van der Waals surface area contributed by atoms with E-state index in [0.29, 0.717) is 11.3 Å². The van der Waals surface area contributed by atoms with Crippen molar-refractivity contribution in [1.29, 1.82) is 0 Å². The molecule has 1 aliphatic rings. The van der Waals surface area contributed by atoms with Gasteiger partial charge in [0.05, 0.1) is 18.4 Å². The van der Waals surface area contributed by atoms with E-state index in [2.05, 4.69) is 14.7 Å². The molecule has 74 valence electrons. The number of alkyl halides is 1. The molecule has 0 aromatic carbocycles. The Morgan fingerprint density at radius 2 is 2.43 bits per heavy atom. The number of hydrogen-bond acceptors (Lipinski definition) is 4. The number of carbonyl (C=O) groups is 1. The van der Waals surface area contributed by atoms with Crippen LogP contribution in [0.2, 0.25) is 0 Å². The number of esters is 1. The van der Waals surface area contributed by atoms with Gasteiger partial charge in [-0.2, -0.15) is 0 Å². The first kappa shape index (κ1) is 9.40. The Morgan fingerprint density at radius 1 is 1.71 bits per heavy atom. The van der Waals surface area contributed by atoms with Gasteiger partial charge in [0.2, 0.25) is 0 Å². The second-order valence-corrected chi connectivity index (χ2v) is 3.73. The van der Waals surface area contributed by atoms with E-state index in [-0.39, 0.29) is 11.3 Å². The summed E-state index contributed by atoms with van der Waals surface area (Å²) < 4.78 is 4.63. The molecular weight excluding hydrogens is 204 g/mol. The second-order valence-electron chi connectivity index (χ2n) is 3.17. The van der Waals surface area contributed by atoms with Crippen molar-refractivity contribution in [2.45, 2.75) is 17.7 Å². The molecule has 0 bridgehead atoms. The highest BCUT2D eigenvalue weighted by Gasteiger charge is 2.40. The van der Waals surface area contributed by atoms with Crippen LogP contribution >= 0.6 is 11.6 Å². The van der Waals surface area contributed by atoms with Crippen LogP contribution in [0.5, 0.6) is 0 Å². The molecule has 1 aromatic rings. The van der Waals surface area contributed by atoms with Crippen LogP contribution in [0.4, 0.5) is 0 Å². The lowest BCUT2D eigenvalue weighted by Crippen LogP contribution is -2.08. The fourth-order valence-corrected chi connectivity index (χ4v) is 1.66. The standard InChI is InChI=1S/C9H9ClN2O2/c1-14-9(13)6-3-11-4-12-8(6)5-2-7(5)10/h3-5,7H,2H2,1H3. The topological polar surface area (TPSA) is 52.1 Å². The number of carbonyl (C=O) groups excluding carboxylic acids is 1. The van der Waals surface area contributed by atoms with Gasteiger partial charge in [0.1, 0.15) is 6.33 Å². The minimum Gasteiger partial charge on any atom is -0.465 e. The van der Waals surface area contributed by atoms with Gasteiger partial charge in [0.25, 0.3) is 0 Å². The SMILES string of the molecule is COC(=O)c1cncnc1C1CC1Cl. The zero-order valence-electron chi connectivity index (χ0n) is 7.61. The lowest BCUT2D eigenvalue weighted by molar-refractivity contribution is 0.0598. The maximum Gasteiger partial charge on any atom is 0.341 e. The summed E-state index contributed by atoms with van der Waals surface area (Å²) in [6.45, 7) is 0. The van der Waals surface area contributed by atoms with Crippen LogP contribution in [-0.2, 0) is 4.74 Å². The molecule has 1 fully saturated rings. The summed E-state index contributed by atoms with van der Waals surface area (Å²) in [5.41, 5.74) is 1.12. The molecule has 0 amide bonds. The van der Waals surface area contributed by atoms with Gasteiger partial charge in [-0.1, -0.05) is 0 Å². The summed E-state index contributed by atoms with van der Waals surface area (Å²) in [5, 5.41) is 0.0910. The van der Waals surface area contributed by atoms with Gasteiger partial charge in [-0.25, -0.2) is 14.8 Å². The average molecular weight is 213 g/mol. The Bertz CT molecular complexity index is 370. The van der Waals surface area contributed by atoms with E-state index >= 15 is 0 Å². The number of rotatable bonds is 2. The summed E-state index contributed by atoms with van der Waals surface area (Å²) in [6, 6.07) is 0. The first-order valence-corrected chi connectivity index (χ1v) is 4.70. The molecular formula is C9H9ClN2O2. The maximum atomic E-state index is 11.3. The normalized spacial score (nSPS) is 24.4. The third-order valence-corrected chi connectivity index (χ3v) is 2.69. The number of methoxy groups -OCH3 is 1. The van der Waals surface area contributed by atoms with Crippen LogP contribution < -0.4 is 0 Å². The van der Waals surface area contributed by atoms with E-state index in [1.54, 1.807) is 0 Å². The van der Waals surface area contributed by atoms with Crippen molar-refractivity contribution in [2.24, 2.45) is 0 Å². The largest absolute Gasteiger partial charge is 0.465 e. The van der Waals surface area contributed by atoms with Crippen molar-refractivity contribution in [3.63, 3.8) is 0 Å². The van der Waals surface area contributed by atoms with Crippen LogP contribution in [0.15, 0.2) is 12.5 Å². The summed E-state index contributed by atoms with van der Waals surface area (Å²) in [7, 11) is 1.34. The number of hydrogen-bond donors (Lipinski definition) is 0. The quantitative estimate of drug-likeness (QED) is 0.549. The Morgan fingerprint density at radius 3 is 3.00 bits per heavy atom. The fourth-order valence-electron chi connectivity index (χ4n) is 1.35. The molecule has 1 saturated carbocycles. The van der Waals surface area contributed by atoms with Gasteiger partial charge in [-0.3, -0.25) is 0 Å². The van der Waals surface area contributed by atoms with Crippen LogP contribution in [0.3, 0.4) is 0 Å². The van der Waals surface area contributed by atoms with Crippen molar-refractivity contribution < 1.29 is 9.53 Å². The van der Waals surface area contributed by atoms with Crippen molar-refractivity contribution in [3.8, 4) is 0 Å². The lowest BCUT2D eigenvalue weighted by atomic mass is 10.1. The molecule has 4 nitrogen and oxygen atoms in total. The van der Waals surface area contributed by atoms with Gasteiger partial charge in [0, 0.05) is 17.5 Å². The van der Waals surface area contributed by atoms with Crippen molar-refractivity contribution >= 4 is 17.6 Å². The fraction of sp³-hybridized carbons (Fsp3) is 0.444.